The van der Waals surface area contributed by atoms with Gasteiger partial charge in [-0.2, -0.15) is 0 Å². The molecule has 1 atom stereocenters. The van der Waals surface area contributed by atoms with Crippen LogP contribution in [-0.2, 0) is 10.0 Å². The van der Waals surface area contributed by atoms with Crippen LogP contribution in [-0.4, -0.2) is 15.0 Å². The highest BCUT2D eigenvalue weighted by atomic mass is 32.2. The highest BCUT2D eigenvalue weighted by Gasteiger charge is 2.33. The van der Waals surface area contributed by atoms with E-state index in [0.29, 0.717) is 17.1 Å². The van der Waals surface area contributed by atoms with Crippen molar-refractivity contribution < 1.29 is 8.42 Å². The molecule has 0 spiro atoms. The van der Waals surface area contributed by atoms with Crippen LogP contribution >= 0.6 is 0 Å². The minimum Gasteiger partial charge on any atom is -0.265 e. The van der Waals surface area contributed by atoms with E-state index in [1.165, 1.54) is 4.31 Å². The average Bonchev–Trinajstić information content (AvgIpc) is 2.58. The minimum atomic E-state index is -3.61. The lowest BCUT2D eigenvalue weighted by Gasteiger charge is -2.35. The maximum absolute atomic E-state index is 13.2. The molecule has 0 saturated carbocycles. The largest absolute Gasteiger partial charge is 0.265 e. The molecule has 0 saturated heterocycles. The van der Waals surface area contributed by atoms with Gasteiger partial charge in [0, 0.05) is 18.0 Å². The molecular formula is C20H21NO2S. The molecule has 0 amide bonds. The third-order valence-corrected chi connectivity index (χ3v) is 6.16. The molecule has 3 rings (SSSR count). The Balaban J connectivity index is 2.14. The fourth-order valence-corrected chi connectivity index (χ4v) is 4.53. The first-order chi connectivity index (χ1) is 11.4. The lowest BCUT2D eigenvalue weighted by Crippen LogP contribution is -2.38. The van der Waals surface area contributed by atoms with Crippen molar-refractivity contribution in [2.45, 2.75) is 18.7 Å². The number of hydrogen-bond acceptors (Lipinski definition) is 2. The van der Waals surface area contributed by atoms with Gasteiger partial charge in [-0.25, -0.2) is 8.42 Å². The van der Waals surface area contributed by atoms with Crippen LogP contribution in [0, 0.1) is 12.8 Å². The first-order valence-electron chi connectivity index (χ1n) is 7.95. The summed E-state index contributed by atoms with van der Waals surface area (Å²) in [6, 6.07) is 14.5. The number of hydrogen-bond donors (Lipinski definition) is 0. The average molecular weight is 339 g/mol. The normalized spacial score (nSPS) is 18.0. The number of allylic oxidation sites excluding steroid dienone is 1. The van der Waals surface area contributed by atoms with Crippen LogP contribution < -0.4 is 4.31 Å². The molecule has 0 aliphatic carbocycles. The van der Waals surface area contributed by atoms with Crippen molar-refractivity contribution in [3.8, 4) is 0 Å². The van der Waals surface area contributed by atoms with Crippen molar-refractivity contribution in [1.29, 1.82) is 0 Å². The summed E-state index contributed by atoms with van der Waals surface area (Å²) in [7, 11) is -3.61. The van der Waals surface area contributed by atoms with E-state index in [0.717, 1.165) is 16.7 Å². The van der Waals surface area contributed by atoms with Crippen molar-refractivity contribution >= 4 is 21.3 Å². The van der Waals surface area contributed by atoms with E-state index in [9.17, 15) is 8.42 Å². The number of rotatable bonds is 3. The van der Waals surface area contributed by atoms with E-state index >= 15 is 0 Å². The van der Waals surface area contributed by atoms with Crippen molar-refractivity contribution in [2.75, 3.05) is 10.8 Å². The van der Waals surface area contributed by atoms with E-state index in [4.69, 9.17) is 0 Å². The van der Waals surface area contributed by atoms with E-state index in [-0.39, 0.29) is 5.92 Å². The lowest BCUT2D eigenvalue weighted by molar-refractivity contribution is 0.587. The Kier molecular flexibility index (Phi) is 4.33. The third-order valence-electron chi connectivity index (χ3n) is 4.36. The first-order valence-corrected chi connectivity index (χ1v) is 9.39. The maximum Gasteiger partial charge on any atom is 0.264 e. The van der Waals surface area contributed by atoms with Gasteiger partial charge in [-0.05, 0) is 37.6 Å². The number of benzene rings is 2. The summed E-state index contributed by atoms with van der Waals surface area (Å²) in [6.07, 6.45) is 3.95. The molecule has 0 N–H and O–H groups in total. The Labute approximate surface area is 144 Å². The van der Waals surface area contributed by atoms with Crippen molar-refractivity contribution in [3.63, 3.8) is 0 Å². The molecule has 0 fully saturated rings. The predicted molar refractivity (Wildman–Crippen MR) is 99.5 cm³/mol. The molecule has 0 aromatic heterocycles. The number of sulfonamides is 1. The zero-order chi connectivity index (χ0) is 17.3. The molecule has 0 bridgehead atoms. The van der Waals surface area contributed by atoms with Gasteiger partial charge in [0.1, 0.15) is 0 Å². The summed E-state index contributed by atoms with van der Waals surface area (Å²) in [4.78, 5) is 0.314. The second-order valence-corrected chi connectivity index (χ2v) is 7.89. The van der Waals surface area contributed by atoms with Crippen LogP contribution in [0.4, 0.5) is 5.69 Å². The van der Waals surface area contributed by atoms with Crippen LogP contribution in [0.1, 0.15) is 18.1 Å². The Hall–Kier alpha value is -2.33. The molecule has 1 unspecified atom stereocenters. The van der Waals surface area contributed by atoms with Gasteiger partial charge in [-0.1, -0.05) is 54.6 Å². The Bertz CT molecular complexity index is 895. The molecule has 1 aliphatic heterocycles. The first kappa shape index (κ1) is 16.5. The standard InChI is InChI=1S/C20H21NO2S/c1-4-7-17-14-21(20-9-6-5-8-19(20)16(17)3)24(22,23)18-12-10-15(2)11-13-18/h4-13,17H,3,14H2,1-2H3/b7-4+. The van der Waals surface area contributed by atoms with Crippen LogP contribution in [0.5, 0.6) is 0 Å². The molecule has 4 heteroatoms. The van der Waals surface area contributed by atoms with Gasteiger partial charge in [0.25, 0.3) is 10.0 Å². The molecule has 2 aromatic rings. The monoisotopic (exact) mass is 339 g/mol. The Morgan fingerprint density at radius 2 is 1.79 bits per heavy atom. The molecule has 24 heavy (non-hydrogen) atoms. The van der Waals surface area contributed by atoms with Gasteiger partial charge in [0.05, 0.1) is 10.6 Å². The van der Waals surface area contributed by atoms with E-state index in [1.54, 1.807) is 12.1 Å². The summed E-state index contributed by atoms with van der Waals surface area (Å²) in [5, 5.41) is 0. The predicted octanol–water partition coefficient (Wildman–Crippen LogP) is 4.41. The Morgan fingerprint density at radius 3 is 2.46 bits per heavy atom. The molecule has 0 radical (unpaired) electrons. The van der Waals surface area contributed by atoms with E-state index in [1.807, 2.05) is 62.4 Å². The Morgan fingerprint density at radius 1 is 1.12 bits per heavy atom. The molecule has 3 nitrogen and oxygen atoms in total. The minimum absolute atomic E-state index is 0.0230. The van der Waals surface area contributed by atoms with Gasteiger partial charge in [-0.3, -0.25) is 4.31 Å². The maximum atomic E-state index is 13.2. The highest BCUT2D eigenvalue weighted by molar-refractivity contribution is 7.92. The van der Waals surface area contributed by atoms with E-state index < -0.39 is 10.0 Å². The van der Waals surface area contributed by atoms with Crippen molar-refractivity contribution in [2.24, 2.45) is 5.92 Å². The highest BCUT2D eigenvalue weighted by Crippen LogP contribution is 2.40. The molecule has 124 valence electrons. The van der Waals surface area contributed by atoms with Crippen molar-refractivity contribution in [1.82, 2.24) is 0 Å². The summed E-state index contributed by atoms with van der Waals surface area (Å²) < 4.78 is 27.9. The van der Waals surface area contributed by atoms with Crippen LogP contribution in [0.3, 0.4) is 0 Å². The van der Waals surface area contributed by atoms with Gasteiger partial charge in [-0.15, -0.1) is 0 Å². The van der Waals surface area contributed by atoms with E-state index in [2.05, 4.69) is 6.58 Å². The fourth-order valence-electron chi connectivity index (χ4n) is 3.02. The van der Waals surface area contributed by atoms with Gasteiger partial charge >= 0.3 is 0 Å². The quantitative estimate of drug-likeness (QED) is 0.777. The van der Waals surface area contributed by atoms with Gasteiger partial charge in [0.15, 0.2) is 0 Å². The molecule has 1 heterocycles. The number of anilines is 1. The zero-order valence-corrected chi connectivity index (χ0v) is 14.8. The summed E-state index contributed by atoms with van der Waals surface area (Å²) >= 11 is 0. The third kappa shape index (κ3) is 2.78. The summed E-state index contributed by atoms with van der Waals surface area (Å²) in [5.74, 6) is -0.0230. The molecule has 1 aliphatic rings. The van der Waals surface area contributed by atoms with Gasteiger partial charge in [0.2, 0.25) is 0 Å². The fraction of sp³-hybridized carbons (Fsp3) is 0.200. The number of fused-ring (bicyclic) bond motifs is 1. The van der Waals surface area contributed by atoms with Gasteiger partial charge < -0.3 is 0 Å². The lowest BCUT2D eigenvalue weighted by atomic mass is 9.89. The number of para-hydroxylation sites is 1. The smallest absolute Gasteiger partial charge is 0.264 e. The second-order valence-electron chi connectivity index (χ2n) is 6.02. The zero-order valence-electron chi connectivity index (χ0n) is 13.9. The second kappa shape index (κ2) is 6.29. The van der Waals surface area contributed by atoms with Crippen LogP contribution in [0.2, 0.25) is 0 Å². The van der Waals surface area contributed by atoms with Crippen LogP contribution in [0.15, 0.2) is 72.2 Å². The number of aryl methyl sites for hydroxylation is 1. The molecule has 2 aromatic carbocycles. The summed E-state index contributed by atoms with van der Waals surface area (Å²) in [5.41, 5.74) is 3.58. The summed E-state index contributed by atoms with van der Waals surface area (Å²) in [6.45, 7) is 8.44. The molecular weight excluding hydrogens is 318 g/mol. The topological polar surface area (TPSA) is 37.4 Å². The SMILES string of the molecule is C=C1c2ccccc2N(S(=O)(=O)c2ccc(C)cc2)CC1/C=C/C. The van der Waals surface area contributed by atoms with Crippen molar-refractivity contribution in [3.05, 3.63) is 78.4 Å². The number of nitrogens with zero attached hydrogens (tertiary/aromatic N) is 1. The van der Waals surface area contributed by atoms with Crippen LogP contribution in [0.25, 0.3) is 5.57 Å².